The average molecular weight is 316 g/mol. The molecular formula is C14H26ClN5O. The molecule has 1 saturated heterocycles. The van der Waals surface area contributed by atoms with Crippen molar-refractivity contribution >= 4 is 11.6 Å². The fourth-order valence-corrected chi connectivity index (χ4v) is 2.86. The van der Waals surface area contributed by atoms with Gasteiger partial charge in [-0.2, -0.15) is 5.10 Å². The second-order valence-corrected chi connectivity index (χ2v) is 6.14. The van der Waals surface area contributed by atoms with E-state index in [-0.39, 0.29) is 12.1 Å². The summed E-state index contributed by atoms with van der Waals surface area (Å²) in [6.07, 6.45) is 1.64. The molecule has 1 aliphatic rings. The molecule has 2 rings (SSSR count). The molecule has 1 aromatic heterocycles. The monoisotopic (exact) mass is 315 g/mol. The molecule has 21 heavy (non-hydrogen) atoms. The molecule has 1 aliphatic heterocycles. The molecule has 1 aromatic rings. The predicted octanol–water partition coefficient (Wildman–Crippen LogP) is 0.819. The van der Waals surface area contributed by atoms with E-state index in [1.54, 1.807) is 6.20 Å². The highest BCUT2D eigenvalue weighted by atomic mass is 35.5. The van der Waals surface area contributed by atoms with Crippen LogP contribution in [0.15, 0.2) is 6.20 Å². The fraction of sp³-hybridized carbons (Fsp3) is 0.786. The summed E-state index contributed by atoms with van der Waals surface area (Å²) in [6, 6.07) is -0.253. The Morgan fingerprint density at radius 3 is 3.00 bits per heavy atom. The van der Waals surface area contributed by atoms with Crippen molar-refractivity contribution in [3.8, 4) is 0 Å². The highest BCUT2D eigenvalue weighted by molar-refractivity contribution is 6.31. The number of hydrogen-bond acceptors (Lipinski definition) is 5. The first-order valence-corrected chi connectivity index (χ1v) is 7.86. The van der Waals surface area contributed by atoms with Crippen LogP contribution in [0.3, 0.4) is 0 Å². The van der Waals surface area contributed by atoms with Gasteiger partial charge < -0.3 is 15.4 Å². The van der Waals surface area contributed by atoms with Crippen molar-refractivity contribution in [2.75, 3.05) is 46.9 Å². The number of nitrogens with two attached hydrogens (primary N) is 1. The van der Waals surface area contributed by atoms with Crippen molar-refractivity contribution in [1.29, 1.82) is 0 Å². The lowest BCUT2D eigenvalue weighted by atomic mass is 10.1. The van der Waals surface area contributed by atoms with Crippen LogP contribution >= 0.6 is 11.6 Å². The molecule has 0 aromatic carbocycles. The Balaban J connectivity index is 2.10. The summed E-state index contributed by atoms with van der Waals surface area (Å²) in [5.74, 6) is 0. The zero-order valence-electron chi connectivity index (χ0n) is 13.1. The third-order valence-corrected chi connectivity index (χ3v) is 4.22. The first-order valence-electron chi connectivity index (χ1n) is 7.48. The summed E-state index contributed by atoms with van der Waals surface area (Å²) in [5, 5.41) is 4.98. The summed E-state index contributed by atoms with van der Waals surface area (Å²) in [7, 11) is 4.07. The van der Waals surface area contributed by atoms with Crippen LogP contribution in [0, 0.1) is 0 Å². The Morgan fingerprint density at radius 1 is 1.57 bits per heavy atom. The minimum absolute atomic E-state index is 0.0361. The quantitative estimate of drug-likeness (QED) is 0.842. The van der Waals surface area contributed by atoms with E-state index < -0.39 is 0 Å². The van der Waals surface area contributed by atoms with Crippen LogP contribution in [0.25, 0.3) is 0 Å². The average Bonchev–Trinajstić information content (AvgIpc) is 2.85. The van der Waals surface area contributed by atoms with Crippen molar-refractivity contribution < 1.29 is 4.74 Å². The zero-order chi connectivity index (χ0) is 15.4. The lowest BCUT2D eigenvalue weighted by Crippen LogP contribution is -2.47. The summed E-state index contributed by atoms with van der Waals surface area (Å²) in [6.45, 7) is 7.36. The second-order valence-electron chi connectivity index (χ2n) is 5.73. The molecule has 2 atom stereocenters. The Labute approximate surface area is 131 Å². The lowest BCUT2D eigenvalue weighted by molar-refractivity contribution is -0.0405. The molecule has 0 radical (unpaired) electrons. The number of rotatable bonds is 6. The maximum Gasteiger partial charge on any atom is 0.0910 e. The Morgan fingerprint density at radius 2 is 2.33 bits per heavy atom. The highest BCUT2D eigenvalue weighted by Crippen LogP contribution is 2.26. The van der Waals surface area contributed by atoms with E-state index in [1.807, 2.05) is 18.8 Å². The van der Waals surface area contributed by atoms with Gasteiger partial charge in [0.15, 0.2) is 0 Å². The minimum atomic E-state index is -0.253. The van der Waals surface area contributed by atoms with Crippen LogP contribution in [0.1, 0.15) is 18.7 Å². The van der Waals surface area contributed by atoms with Gasteiger partial charge in [0.1, 0.15) is 0 Å². The minimum Gasteiger partial charge on any atom is -0.374 e. The topological polar surface area (TPSA) is 59.6 Å². The third kappa shape index (κ3) is 4.17. The molecule has 2 heterocycles. The molecule has 0 aliphatic carbocycles. The number of ether oxygens (including phenoxy) is 1. The van der Waals surface area contributed by atoms with Crippen molar-refractivity contribution in [2.24, 2.45) is 5.73 Å². The van der Waals surface area contributed by atoms with E-state index in [2.05, 4.69) is 21.8 Å². The van der Waals surface area contributed by atoms with Gasteiger partial charge in [-0.25, -0.2) is 0 Å². The van der Waals surface area contributed by atoms with Gasteiger partial charge >= 0.3 is 0 Å². The number of morpholine rings is 1. The predicted molar refractivity (Wildman–Crippen MR) is 84.6 cm³/mol. The van der Waals surface area contributed by atoms with Crippen LogP contribution in [0.2, 0.25) is 5.02 Å². The molecule has 2 unspecified atom stereocenters. The van der Waals surface area contributed by atoms with E-state index >= 15 is 0 Å². The normalized spacial score (nSPS) is 21.9. The van der Waals surface area contributed by atoms with Crippen LogP contribution in [-0.4, -0.2) is 72.6 Å². The lowest BCUT2D eigenvalue weighted by Gasteiger charge is -2.35. The van der Waals surface area contributed by atoms with Crippen LogP contribution < -0.4 is 5.73 Å². The van der Waals surface area contributed by atoms with Gasteiger partial charge in [0.05, 0.1) is 42.2 Å². The van der Waals surface area contributed by atoms with E-state index in [0.29, 0.717) is 5.02 Å². The second kappa shape index (κ2) is 7.56. The van der Waals surface area contributed by atoms with Crippen molar-refractivity contribution in [3.05, 3.63) is 16.9 Å². The largest absolute Gasteiger partial charge is 0.374 e. The maximum absolute atomic E-state index is 6.43. The molecule has 6 nitrogen and oxygen atoms in total. The van der Waals surface area contributed by atoms with Crippen LogP contribution in [-0.2, 0) is 11.3 Å². The summed E-state index contributed by atoms with van der Waals surface area (Å²) in [5.41, 5.74) is 7.30. The summed E-state index contributed by atoms with van der Waals surface area (Å²) in [4.78, 5) is 4.46. The number of hydrogen-bond donors (Lipinski definition) is 1. The molecule has 0 amide bonds. The van der Waals surface area contributed by atoms with Crippen LogP contribution in [0.4, 0.5) is 0 Å². The molecule has 0 saturated carbocycles. The summed E-state index contributed by atoms with van der Waals surface area (Å²) < 4.78 is 7.76. The fourth-order valence-electron chi connectivity index (χ4n) is 2.59. The smallest absolute Gasteiger partial charge is 0.0910 e. The van der Waals surface area contributed by atoms with Crippen molar-refractivity contribution in [2.45, 2.75) is 25.6 Å². The number of aromatic nitrogens is 2. The van der Waals surface area contributed by atoms with Gasteiger partial charge in [-0.1, -0.05) is 18.5 Å². The van der Waals surface area contributed by atoms with Gasteiger partial charge in [0.2, 0.25) is 0 Å². The summed E-state index contributed by atoms with van der Waals surface area (Å²) >= 11 is 6.30. The molecule has 120 valence electrons. The standard InChI is InChI=1S/C14H26ClN5O/c1-4-19-7-8-21-12(10-19)13(16)14-11(15)9-17-20(14)6-5-18(2)3/h9,12-13H,4-8,10,16H2,1-3H3. The maximum atomic E-state index is 6.43. The molecule has 7 heteroatoms. The van der Waals surface area contributed by atoms with Gasteiger partial charge in [-0.3, -0.25) is 9.58 Å². The molecule has 2 N–H and O–H groups in total. The molecule has 1 fully saturated rings. The van der Waals surface area contributed by atoms with Gasteiger partial charge in [-0.15, -0.1) is 0 Å². The van der Waals surface area contributed by atoms with Gasteiger partial charge in [-0.05, 0) is 20.6 Å². The van der Waals surface area contributed by atoms with E-state index in [4.69, 9.17) is 22.1 Å². The molecule has 0 bridgehead atoms. The van der Waals surface area contributed by atoms with Gasteiger partial charge in [0.25, 0.3) is 0 Å². The van der Waals surface area contributed by atoms with Crippen molar-refractivity contribution in [3.63, 3.8) is 0 Å². The Hall–Kier alpha value is -0.660. The SMILES string of the molecule is CCN1CCOC(C(N)c2c(Cl)cnn2CCN(C)C)C1. The van der Waals surface area contributed by atoms with Crippen molar-refractivity contribution in [1.82, 2.24) is 19.6 Å². The first kappa shape index (κ1) is 16.7. The Kier molecular flexibility index (Phi) is 6.01. The number of halogens is 1. The van der Waals surface area contributed by atoms with E-state index in [1.165, 1.54) is 0 Å². The zero-order valence-corrected chi connectivity index (χ0v) is 13.9. The number of nitrogens with zero attached hydrogens (tertiary/aromatic N) is 4. The first-order chi connectivity index (χ1) is 10.0. The highest BCUT2D eigenvalue weighted by Gasteiger charge is 2.30. The van der Waals surface area contributed by atoms with E-state index in [0.717, 1.165) is 45.0 Å². The Bertz CT molecular complexity index is 451. The van der Waals surface area contributed by atoms with E-state index in [9.17, 15) is 0 Å². The van der Waals surface area contributed by atoms with Crippen LogP contribution in [0.5, 0.6) is 0 Å². The number of likely N-dealkylation sites (N-methyl/N-ethyl adjacent to an activating group) is 2. The molecular weight excluding hydrogens is 290 g/mol. The third-order valence-electron chi connectivity index (χ3n) is 3.93. The molecule has 0 spiro atoms. The van der Waals surface area contributed by atoms with Gasteiger partial charge in [0, 0.05) is 19.6 Å².